The van der Waals surface area contributed by atoms with Crippen LogP contribution in [0, 0.1) is 6.92 Å². The van der Waals surface area contributed by atoms with Crippen molar-refractivity contribution in [1.29, 1.82) is 0 Å². The van der Waals surface area contributed by atoms with Gasteiger partial charge in [0.15, 0.2) is 11.6 Å². The van der Waals surface area contributed by atoms with E-state index in [4.69, 9.17) is 0 Å². The molecule has 19 heavy (non-hydrogen) atoms. The Bertz CT molecular complexity index is 645. The predicted molar refractivity (Wildman–Crippen MR) is 68.5 cm³/mol. The largest absolute Gasteiger partial charge is 0.305 e. The summed E-state index contributed by atoms with van der Waals surface area (Å²) in [5.41, 5.74) is 1.60. The number of aromatic nitrogens is 3. The van der Waals surface area contributed by atoms with Crippen molar-refractivity contribution in [2.45, 2.75) is 13.3 Å². The van der Waals surface area contributed by atoms with Crippen molar-refractivity contribution in [3.05, 3.63) is 30.1 Å². The maximum Gasteiger partial charge on any atom is 0.234 e. The molecule has 0 bridgehead atoms. The summed E-state index contributed by atoms with van der Waals surface area (Å²) in [6.07, 6.45) is 0.00185. The fraction of sp³-hybridized carbons (Fsp3) is 0.231. The Morgan fingerprint density at radius 2 is 1.95 bits per heavy atom. The quantitative estimate of drug-likeness (QED) is 0.816. The topological polar surface area (TPSA) is 79.0 Å². The molecule has 0 unspecified atom stereocenters. The van der Waals surface area contributed by atoms with Crippen LogP contribution in [0.5, 0.6) is 0 Å². The van der Waals surface area contributed by atoms with Crippen LogP contribution in [0.25, 0.3) is 11.4 Å². The number of hydrogen-bond acceptors (Lipinski definition) is 4. The normalized spacial score (nSPS) is 15.3. The molecule has 1 aliphatic rings. The Hall–Kier alpha value is -2.50. The van der Waals surface area contributed by atoms with E-state index >= 15 is 0 Å². The van der Waals surface area contributed by atoms with Crippen LogP contribution in [0.4, 0.5) is 5.69 Å². The van der Waals surface area contributed by atoms with Gasteiger partial charge in [-0.05, 0) is 31.2 Å². The molecular formula is C13H12N4O2. The van der Waals surface area contributed by atoms with Crippen LogP contribution in [-0.2, 0) is 9.59 Å². The van der Waals surface area contributed by atoms with Gasteiger partial charge in [0, 0.05) is 11.3 Å². The zero-order valence-electron chi connectivity index (χ0n) is 10.4. The standard InChI is InChI=1S/C13H12N4O2/c1-8-14-13(16-15-8)9-2-4-10(5-3-9)17-7-11(18)6-12(17)19/h2-5H,6-7H2,1H3,(H,14,15,16). The number of aromatic amines is 1. The van der Waals surface area contributed by atoms with Crippen molar-refractivity contribution >= 4 is 17.4 Å². The predicted octanol–water partition coefficient (Wildman–Crippen LogP) is 1.09. The van der Waals surface area contributed by atoms with Crippen LogP contribution in [0.15, 0.2) is 24.3 Å². The molecule has 0 spiro atoms. The minimum atomic E-state index is -0.147. The number of ketones is 1. The lowest BCUT2D eigenvalue weighted by Crippen LogP contribution is -2.24. The number of hydrogen-bond donors (Lipinski definition) is 1. The first kappa shape index (κ1) is 11.6. The average Bonchev–Trinajstić information content (AvgIpc) is 2.96. The second-order valence-corrected chi connectivity index (χ2v) is 4.49. The van der Waals surface area contributed by atoms with Crippen LogP contribution in [-0.4, -0.2) is 33.4 Å². The van der Waals surface area contributed by atoms with Crippen LogP contribution in [0.3, 0.4) is 0 Å². The number of nitrogens with one attached hydrogen (secondary N) is 1. The SMILES string of the molecule is Cc1nc(-c2ccc(N3CC(=O)CC3=O)cc2)n[nH]1. The van der Waals surface area contributed by atoms with Gasteiger partial charge in [0.25, 0.3) is 0 Å². The van der Waals surface area contributed by atoms with Crippen LogP contribution in [0.1, 0.15) is 12.2 Å². The van der Waals surface area contributed by atoms with Gasteiger partial charge < -0.3 is 4.90 Å². The summed E-state index contributed by atoms with van der Waals surface area (Å²) in [6.45, 7) is 2.00. The molecule has 0 aliphatic carbocycles. The average molecular weight is 256 g/mol. The molecule has 1 N–H and O–H groups in total. The highest BCUT2D eigenvalue weighted by Crippen LogP contribution is 2.23. The Kier molecular flexibility index (Phi) is 2.63. The molecule has 2 aromatic rings. The minimum absolute atomic E-state index is 0.00185. The third-order valence-electron chi connectivity index (χ3n) is 3.02. The van der Waals surface area contributed by atoms with Gasteiger partial charge in [-0.2, -0.15) is 5.10 Å². The first-order chi connectivity index (χ1) is 9.13. The summed E-state index contributed by atoms with van der Waals surface area (Å²) in [4.78, 5) is 28.6. The number of H-pyrrole nitrogens is 1. The zero-order valence-corrected chi connectivity index (χ0v) is 10.4. The number of benzene rings is 1. The van der Waals surface area contributed by atoms with Gasteiger partial charge in [0.1, 0.15) is 5.82 Å². The van der Waals surface area contributed by atoms with Gasteiger partial charge in [-0.25, -0.2) is 4.98 Å². The van der Waals surface area contributed by atoms with Crippen molar-refractivity contribution in [2.75, 3.05) is 11.4 Å². The van der Waals surface area contributed by atoms with E-state index in [1.165, 1.54) is 4.90 Å². The molecule has 1 amide bonds. The van der Waals surface area contributed by atoms with Crippen molar-refractivity contribution < 1.29 is 9.59 Å². The van der Waals surface area contributed by atoms with E-state index in [0.29, 0.717) is 5.82 Å². The Morgan fingerprint density at radius 1 is 1.21 bits per heavy atom. The van der Waals surface area contributed by atoms with Crippen LogP contribution >= 0.6 is 0 Å². The van der Waals surface area contributed by atoms with Crippen molar-refractivity contribution in [2.24, 2.45) is 0 Å². The Labute approximate surface area is 109 Å². The third kappa shape index (κ3) is 2.12. The van der Waals surface area contributed by atoms with E-state index in [1.54, 1.807) is 12.1 Å². The van der Waals surface area contributed by atoms with Crippen LogP contribution in [0.2, 0.25) is 0 Å². The Balaban J connectivity index is 1.87. The highest BCUT2D eigenvalue weighted by molar-refractivity contribution is 6.15. The fourth-order valence-corrected chi connectivity index (χ4v) is 2.08. The number of Topliss-reactive ketones (excluding diaryl/α,β-unsaturated/α-hetero) is 1. The number of anilines is 1. The highest BCUT2D eigenvalue weighted by atomic mass is 16.2. The van der Waals surface area contributed by atoms with Crippen molar-refractivity contribution in [1.82, 2.24) is 15.2 Å². The van der Waals surface area contributed by atoms with Gasteiger partial charge in [0.2, 0.25) is 5.91 Å². The molecular weight excluding hydrogens is 244 g/mol. The number of nitrogens with zero attached hydrogens (tertiary/aromatic N) is 3. The fourth-order valence-electron chi connectivity index (χ4n) is 2.08. The lowest BCUT2D eigenvalue weighted by atomic mass is 10.2. The van der Waals surface area contributed by atoms with Crippen molar-refractivity contribution in [3.8, 4) is 11.4 Å². The molecule has 0 atom stereocenters. The number of amides is 1. The molecule has 96 valence electrons. The van der Waals surface area contributed by atoms with Gasteiger partial charge in [-0.3, -0.25) is 14.7 Å². The number of carbonyl (C=O) groups excluding carboxylic acids is 2. The zero-order chi connectivity index (χ0) is 13.4. The molecule has 2 heterocycles. The summed E-state index contributed by atoms with van der Waals surface area (Å²) < 4.78 is 0. The molecule has 1 fully saturated rings. The molecule has 1 aromatic carbocycles. The van der Waals surface area contributed by atoms with E-state index < -0.39 is 0 Å². The molecule has 1 aromatic heterocycles. The third-order valence-corrected chi connectivity index (χ3v) is 3.02. The smallest absolute Gasteiger partial charge is 0.234 e. The molecule has 6 nitrogen and oxygen atoms in total. The summed E-state index contributed by atoms with van der Waals surface area (Å²) >= 11 is 0. The van der Waals surface area contributed by atoms with E-state index in [1.807, 2.05) is 19.1 Å². The second kappa shape index (κ2) is 4.31. The lowest BCUT2D eigenvalue weighted by Gasteiger charge is -2.14. The summed E-state index contributed by atoms with van der Waals surface area (Å²) in [5.74, 6) is 1.18. The minimum Gasteiger partial charge on any atom is -0.305 e. The number of carbonyl (C=O) groups is 2. The lowest BCUT2D eigenvalue weighted by molar-refractivity contribution is -0.121. The van der Waals surface area contributed by atoms with Gasteiger partial charge >= 0.3 is 0 Å². The van der Waals surface area contributed by atoms with E-state index in [9.17, 15) is 9.59 Å². The van der Waals surface area contributed by atoms with Gasteiger partial charge in [0.05, 0.1) is 13.0 Å². The van der Waals surface area contributed by atoms with E-state index in [2.05, 4.69) is 15.2 Å². The maximum atomic E-state index is 11.6. The van der Waals surface area contributed by atoms with E-state index in [-0.39, 0.29) is 24.7 Å². The van der Waals surface area contributed by atoms with Crippen LogP contribution < -0.4 is 4.90 Å². The number of rotatable bonds is 2. The molecule has 0 saturated carbocycles. The summed E-state index contributed by atoms with van der Waals surface area (Å²) in [7, 11) is 0. The number of aryl methyl sites for hydroxylation is 1. The summed E-state index contributed by atoms with van der Waals surface area (Å²) in [5, 5.41) is 6.85. The highest BCUT2D eigenvalue weighted by Gasteiger charge is 2.28. The molecule has 0 radical (unpaired) electrons. The Morgan fingerprint density at radius 3 is 2.47 bits per heavy atom. The maximum absolute atomic E-state index is 11.6. The first-order valence-electron chi connectivity index (χ1n) is 5.95. The molecule has 6 heteroatoms. The molecule has 1 saturated heterocycles. The first-order valence-corrected chi connectivity index (χ1v) is 5.95. The molecule has 1 aliphatic heterocycles. The van der Waals surface area contributed by atoms with E-state index in [0.717, 1.165) is 17.1 Å². The van der Waals surface area contributed by atoms with Crippen molar-refractivity contribution in [3.63, 3.8) is 0 Å². The monoisotopic (exact) mass is 256 g/mol. The second-order valence-electron chi connectivity index (χ2n) is 4.49. The molecule has 3 rings (SSSR count). The van der Waals surface area contributed by atoms with Gasteiger partial charge in [-0.1, -0.05) is 0 Å². The summed E-state index contributed by atoms with van der Waals surface area (Å²) in [6, 6.07) is 7.29. The van der Waals surface area contributed by atoms with Gasteiger partial charge in [-0.15, -0.1) is 0 Å².